The van der Waals surface area contributed by atoms with Crippen molar-refractivity contribution >= 4 is 17.6 Å². The summed E-state index contributed by atoms with van der Waals surface area (Å²) in [5, 5.41) is 13.4. The predicted molar refractivity (Wildman–Crippen MR) is 80.9 cm³/mol. The molecule has 120 valence electrons. The summed E-state index contributed by atoms with van der Waals surface area (Å²) in [5.41, 5.74) is -0.561. The summed E-state index contributed by atoms with van der Waals surface area (Å²) in [6.45, 7) is 6.77. The van der Waals surface area contributed by atoms with Crippen LogP contribution in [0.4, 0.5) is 16.3 Å². The van der Waals surface area contributed by atoms with Gasteiger partial charge in [-0.05, 0) is 33.3 Å². The molecule has 0 spiro atoms. The summed E-state index contributed by atoms with van der Waals surface area (Å²) < 4.78 is 5.22. The Kier molecular flexibility index (Phi) is 4.48. The van der Waals surface area contributed by atoms with Gasteiger partial charge in [-0.1, -0.05) is 0 Å². The van der Waals surface area contributed by atoms with Crippen molar-refractivity contribution in [2.24, 2.45) is 0 Å². The van der Waals surface area contributed by atoms with Crippen LogP contribution in [0.3, 0.4) is 0 Å². The van der Waals surface area contributed by atoms with Gasteiger partial charge in [0.15, 0.2) is 0 Å². The molecule has 1 unspecified atom stereocenters. The van der Waals surface area contributed by atoms with E-state index in [0.29, 0.717) is 12.4 Å². The van der Waals surface area contributed by atoms with Crippen LogP contribution < -0.4 is 10.2 Å². The van der Waals surface area contributed by atoms with Gasteiger partial charge < -0.3 is 15.0 Å². The van der Waals surface area contributed by atoms with Crippen LogP contribution in [0.1, 0.15) is 27.2 Å². The molecule has 8 nitrogen and oxygen atoms in total. The minimum absolute atomic E-state index is 0.0214. The number of nitrogens with one attached hydrogen (secondary N) is 1. The molecule has 1 saturated heterocycles. The zero-order chi connectivity index (χ0) is 16.3. The van der Waals surface area contributed by atoms with Gasteiger partial charge >= 0.3 is 6.09 Å². The highest BCUT2D eigenvalue weighted by atomic mass is 16.6. The molecule has 1 aliphatic heterocycles. The van der Waals surface area contributed by atoms with Crippen LogP contribution >= 0.6 is 0 Å². The molecule has 1 aromatic heterocycles. The Balaban J connectivity index is 1.89. The number of rotatable bonds is 3. The third kappa shape index (κ3) is 4.31. The standard InChI is InChI=1S/C14H20N4O4/c1-14(2,3)22-13(19)16-10-6-7-17(9-10)12-5-4-11(8-15-12)18(20)21/h4-5,8,10H,6-7,9H2,1-3H3,(H,16,19). The third-order valence-corrected chi connectivity index (χ3v) is 3.18. The Morgan fingerprint density at radius 2 is 2.23 bits per heavy atom. The maximum atomic E-state index is 11.7. The second-order valence-electron chi connectivity index (χ2n) is 6.21. The lowest BCUT2D eigenvalue weighted by molar-refractivity contribution is -0.385. The zero-order valence-electron chi connectivity index (χ0n) is 12.9. The van der Waals surface area contributed by atoms with Crippen molar-refractivity contribution in [1.29, 1.82) is 0 Å². The smallest absolute Gasteiger partial charge is 0.407 e. The fourth-order valence-electron chi connectivity index (χ4n) is 2.23. The van der Waals surface area contributed by atoms with Crippen molar-refractivity contribution in [2.75, 3.05) is 18.0 Å². The van der Waals surface area contributed by atoms with Crippen molar-refractivity contribution in [3.8, 4) is 0 Å². The van der Waals surface area contributed by atoms with Crippen LogP contribution in [0.15, 0.2) is 18.3 Å². The van der Waals surface area contributed by atoms with Gasteiger partial charge in [-0.15, -0.1) is 0 Å². The first-order valence-electron chi connectivity index (χ1n) is 7.09. The molecule has 0 aliphatic carbocycles. The minimum Gasteiger partial charge on any atom is -0.444 e. The highest BCUT2D eigenvalue weighted by molar-refractivity contribution is 5.68. The number of carbonyl (C=O) groups is 1. The van der Waals surface area contributed by atoms with Gasteiger partial charge in [-0.3, -0.25) is 10.1 Å². The molecule has 1 atom stereocenters. The van der Waals surface area contributed by atoms with E-state index in [-0.39, 0.29) is 11.7 Å². The maximum Gasteiger partial charge on any atom is 0.407 e. The molecule has 1 fully saturated rings. The van der Waals surface area contributed by atoms with Gasteiger partial charge in [-0.2, -0.15) is 0 Å². The van der Waals surface area contributed by atoms with Gasteiger partial charge in [0.1, 0.15) is 17.6 Å². The largest absolute Gasteiger partial charge is 0.444 e. The van der Waals surface area contributed by atoms with E-state index >= 15 is 0 Å². The highest BCUT2D eigenvalue weighted by Crippen LogP contribution is 2.20. The molecule has 1 N–H and O–H groups in total. The normalized spacial score (nSPS) is 18.1. The molecular weight excluding hydrogens is 288 g/mol. The fraction of sp³-hybridized carbons (Fsp3) is 0.571. The maximum absolute atomic E-state index is 11.7. The Hall–Kier alpha value is -2.38. The second kappa shape index (κ2) is 6.17. The number of carbonyl (C=O) groups excluding carboxylic acids is 1. The molecule has 2 rings (SSSR count). The quantitative estimate of drug-likeness (QED) is 0.678. The van der Waals surface area contributed by atoms with E-state index in [1.54, 1.807) is 6.07 Å². The molecule has 0 radical (unpaired) electrons. The summed E-state index contributed by atoms with van der Waals surface area (Å²) in [6.07, 6.45) is 1.58. The number of aromatic nitrogens is 1. The first-order chi connectivity index (χ1) is 10.2. The minimum atomic E-state index is -0.526. The molecule has 1 aromatic rings. The number of nitro groups is 1. The van der Waals surface area contributed by atoms with Crippen LogP contribution in [0, 0.1) is 10.1 Å². The van der Waals surface area contributed by atoms with Gasteiger partial charge in [-0.25, -0.2) is 9.78 Å². The van der Waals surface area contributed by atoms with Gasteiger partial charge in [0.05, 0.1) is 11.0 Å². The molecule has 1 aliphatic rings. The van der Waals surface area contributed by atoms with Crippen LogP contribution in [0.25, 0.3) is 0 Å². The van der Waals surface area contributed by atoms with Gasteiger partial charge in [0.25, 0.3) is 5.69 Å². The summed E-state index contributed by atoms with van der Waals surface area (Å²) in [6, 6.07) is 3.03. The number of hydrogen-bond acceptors (Lipinski definition) is 6. The second-order valence-corrected chi connectivity index (χ2v) is 6.21. The summed E-state index contributed by atoms with van der Waals surface area (Å²) >= 11 is 0. The van der Waals surface area contributed by atoms with E-state index in [4.69, 9.17) is 4.74 Å². The lowest BCUT2D eigenvalue weighted by Gasteiger charge is -2.22. The fourth-order valence-corrected chi connectivity index (χ4v) is 2.23. The predicted octanol–water partition coefficient (Wildman–Crippen LogP) is 2.09. The number of alkyl carbamates (subject to hydrolysis) is 1. The lowest BCUT2D eigenvalue weighted by atomic mass is 10.2. The summed E-state index contributed by atoms with van der Waals surface area (Å²) in [4.78, 5) is 27.9. The number of pyridine rings is 1. The Morgan fingerprint density at radius 3 is 2.77 bits per heavy atom. The van der Waals surface area contributed by atoms with E-state index in [0.717, 1.165) is 13.0 Å². The van der Waals surface area contributed by atoms with Crippen molar-refractivity contribution in [2.45, 2.75) is 38.8 Å². The van der Waals surface area contributed by atoms with E-state index in [9.17, 15) is 14.9 Å². The van der Waals surface area contributed by atoms with Crippen molar-refractivity contribution < 1.29 is 14.5 Å². The van der Waals surface area contributed by atoms with Gasteiger partial charge in [0, 0.05) is 19.2 Å². The topological polar surface area (TPSA) is 97.6 Å². The third-order valence-electron chi connectivity index (χ3n) is 3.18. The summed E-state index contributed by atoms with van der Waals surface area (Å²) in [5.74, 6) is 0.666. The molecule has 0 bridgehead atoms. The van der Waals surface area contributed by atoms with E-state index in [2.05, 4.69) is 10.3 Å². The summed E-state index contributed by atoms with van der Waals surface area (Å²) in [7, 11) is 0. The zero-order valence-corrected chi connectivity index (χ0v) is 12.9. The molecule has 0 saturated carbocycles. The highest BCUT2D eigenvalue weighted by Gasteiger charge is 2.27. The Labute approximate surface area is 128 Å². The molecule has 1 amide bonds. The monoisotopic (exact) mass is 308 g/mol. The van der Waals surface area contributed by atoms with Crippen molar-refractivity contribution in [3.05, 3.63) is 28.4 Å². The van der Waals surface area contributed by atoms with E-state index in [1.807, 2.05) is 25.7 Å². The number of hydrogen-bond donors (Lipinski definition) is 1. The number of nitrogens with zero attached hydrogens (tertiary/aromatic N) is 3. The Bertz CT molecular complexity index is 553. The average Bonchev–Trinajstić information content (AvgIpc) is 2.85. The van der Waals surface area contributed by atoms with Crippen LogP contribution in [-0.4, -0.2) is 40.7 Å². The number of ether oxygens (including phenoxy) is 1. The number of anilines is 1. The first-order valence-corrected chi connectivity index (χ1v) is 7.09. The van der Waals surface area contributed by atoms with Crippen LogP contribution in [0.2, 0.25) is 0 Å². The van der Waals surface area contributed by atoms with Crippen molar-refractivity contribution in [3.63, 3.8) is 0 Å². The average molecular weight is 308 g/mol. The molecule has 8 heteroatoms. The first kappa shape index (κ1) is 16.0. The van der Waals surface area contributed by atoms with Crippen LogP contribution in [-0.2, 0) is 4.74 Å². The van der Waals surface area contributed by atoms with E-state index < -0.39 is 16.6 Å². The molecule has 22 heavy (non-hydrogen) atoms. The molecule has 0 aromatic carbocycles. The number of amides is 1. The Morgan fingerprint density at radius 1 is 1.50 bits per heavy atom. The van der Waals surface area contributed by atoms with Gasteiger partial charge in [0.2, 0.25) is 0 Å². The van der Waals surface area contributed by atoms with Crippen LogP contribution in [0.5, 0.6) is 0 Å². The van der Waals surface area contributed by atoms with E-state index in [1.165, 1.54) is 12.3 Å². The van der Waals surface area contributed by atoms with Crippen molar-refractivity contribution in [1.82, 2.24) is 10.3 Å². The lowest BCUT2D eigenvalue weighted by Crippen LogP contribution is -2.40. The SMILES string of the molecule is CC(C)(C)OC(=O)NC1CCN(c2ccc([N+](=O)[O-])cn2)C1. The molecular formula is C14H20N4O4. The molecule has 2 heterocycles.